The Balaban J connectivity index is 1.25. The zero-order valence-corrected chi connectivity index (χ0v) is 23.4. The smallest absolute Gasteiger partial charge is 0.298 e. The number of nitrogens with zero attached hydrogens (tertiary/aromatic N) is 3. The van der Waals surface area contributed by atoms with Crippen molar-refractivity contribution in [2.75, 3.05) is 23.8 Å². The molecule has 0 aliphatic carbocycles. The summed E-state index contributed by atoms with van der Waals surface area (Å²) in [6.07, 6.45) is 3.77. The zero-order valence-electron chi connectivity index (χ0n) is 23.4. The topological polar surface area (TPSA) is 66.7 Å². The molecule has 3 heterocycles. The van der Waals surface area contributed by atoms with E-state index in [0.717, 1.165) is 53.1 Å². The van der Waals surface area contributed by atoms with E-state index in [1.165, 1.54) is 11.1 Å². The van der Waals surface area contributed by atoms with E-state index in [-0.39, 0.29) is 0 Å². The molecule has 5 rings (SSSR count). The largest absolute Gasteiger partial charge is 0.360 e. The third-order valence-electron chi connectivity index (χ3n) is 7.07. The lowest BCUT2D eigenvalue weighted by molar-refractivity contribution is -0.112. The maximum Gasteiger partial charge on any atom is 0.298 e. The summed E-state index contributed by atoms with van der Waals surface area (Å²) in [6, 6.07) is 27.5. The van der Waals surface area contributed by atoms with Gasteiger partial charge in [-0.2, -0.15) is 0 Å². The van der Waals surface area contributed by atoms with Gasteiger partial charge in [0, 0.05) is 42.3 Å². The lowest BCUT2D eigenvalue weighted by Gasteiger charge is -2.19. The number of hydrogen-bond acceptors (Lipinski definition) is 4. The Morgan fingerprint density at radius 3 is 2.35 bits per heavy atom. The minimum Gasteiger partial charge on any atom is -0.360 e. The molecule has 202 valence electrons. The summed E-state index contributed by atoms with van der Waals surface area (Å²) in [5.41, 5.74) is 7.86. The van der Waals surface area contributed by atoms with E-state index in [4.69, 9.17) is 0 Å². The maximum atomic E-state index is 13.5. The standard InChI is InChI=1S/C34H34N4O2/c1-23-12-17-29-21-30(27-10-6-5-7-11-27)32(38(29)22-23)33(39)34(40)36-28-15-13-26(14-16-28)9-8-18-37(4)31-20-24(2)19-25(3)35-31/h5-7,10-17,19-22H,8-9,18H2,1-4H3,(H,36,40). The van der Waals surface area contributed by atoms with Gasteiger partial charge in [-0.15, -0.1) is 0 Å². The average Bonchev–Trinajstić information content (AvgIpc) is 3.32. The van der Waals surface area contributed by atoms with Crippen LogP contribution in [0.5, 0.6) is 0 Å². The summed E-state index contributed by atoms with van der Waals surface area (Å²) < 4.78 is 1.81. The van der Waals surface area contributed by atoms with Crippen LogP contribution in [0.2, 0.25) is 0 Å². The highest BCUT2D eigenvalue weighted by atomic mass is 16.2. The van der Waals surface area contributed by atoms with E-state index in [0.29, 0.717) is 11.4 Å². The number of carbonyl (C=O) groups is 2. The van der Waals surface area contributed by atoms with Crippen molar-refractivity contribution in [2.24, 2.45) is 0 Å². The molecule has 40 heavy (non-hydrogen) atoms. The highest BCUT2D eigenvalue weighted by Gasteiger charge is 2.25. The van der Waals surface area contributed by atoms with Crippen molar-refractivity contribution in [3.05, 3.63) is 119 Å². The summed E-state index contributed by atoms with van der Waals surface area (Å²) >= 11 is 0. The molecule has 0 spiro atoms. The van der Waals surface area contributed by atoms with Crippen molar-refractivity contribution in [1.29, 1.82) is 0 Å². The molecule has 0 fully saturated rings. The predicted octanol–water partition coefficient (Wildman–Crippen LogP) is 6.82. The van der Waals surface area contributed by atoms with Crippen molar-refractivity contribution in [1.82, 2.24) is 9.38 Å². The molecule has 0 aliphatic rings. The van der Waals surface area contributed by atoms with Gasteiger partial charge in [0.05, 0.1) is 0 Å². The first-order valence-electron chi connectivity index (χ1n) is 13.6. The molecule has 1 amide bonds. The molecule has 3 aromatic heterocycles. The van der Waals surface area contributed by atoms with Crippen LogP contribution in [0, 0.1) is 20.8 Å². The molecular weight excluding hydrogens is 496 g/mol. The van der Waals surface area contributed by atoms with Crippen LogP contribution < -0.4 is 10.2 Å². The number of hydrogen-bond donors (Lipinski definition) is 1. The first kappa shape index (κ1) is 26.9. The van der Waals surface area contributed by atoms with Crippen molar-refractivity contribution in [2.45, 2.75) is 33.6 Å². The fraction of sp³-hybridized carbons (Fsp3) is 0.206. The van der Waals surface area contributed by atoms with E-state index in [1.807, 2.05) is 97.2 Å². The molecule has 0 saturated carbocycles. The molecule has 0 radical (unpaired) electrons. The Morgan fingerprint density at radius 2 is 1.62 bits per heavy atom. The minimum absolute atomic E-state index is 0.362. The van der Waals surface area contributed by atoms with Gasteiger partial charge in [-0.1, -0.05) is 48.5 Å². The van der Waals surface area contributed by atoms with Crippen molar-refractivity contribution >= 4 is 28.7 Å². The maximum absolute atomic E-state index is 13.5. The fourth-order valence-corrected chi connectivity index (χ4v) is 5.05. The monoisotopic (exact) mass is 530 g/mol. The number of nitrogens with one attached hydrogen (secondary N) is 1. The Labute approximate surface area is 235 Å². The second kappa shape index (κ2) is 11.6. The van der Waals surface area contributed by atoms with Gasteiger partial charge >= 0.3 is 0 Å². The number of ketones is 1. The van der Waals surface area contributed by atoms with Gasteiger partial charge in [-0.25, -0.2) is 4.98 Å². The van der Waals surface area contributed by atoms with E-state index in [2.05, 4.69) is 41.3 Å². The zero-order chi connectivity index (χ0) is 28.2. The molecule has 0 unspecified atom stereocenters. The number of benzene rings is 2. The molecule has 1 N–H and O–H groups in total. The second-order valence-electron chi connectivity index (χ2n) is 10.4. The molecule has 0 saturated heterocycles. The van der Waals surface area contributed by atoms with Gasteiger partial charge < -0.3 is 14.6 Å². The molecule has 5 aromatic rings. The quantitative estimate of drug-likeness (QED) is 0.168. The lowest BCUT2D eigenvalue weighted by atomic mass is 10.0. The molecule has 0 aliphatic heterocycles. The van der Waals surface area contributed by atoms with E-state index < -0.39 is 11.7 Å². The highest BCUT2D eigenvalue weighted by Crippen LogP contribution is 2.29. The second-order valence-corrected chi connectivity index (χ2v) is 10.4. The number of amides is 1. The van der Waals surface area contributed by atoms with Gasteiger partial charge in [0.1, 0.15) is 11.5 Å². The van der Waals surface area contributed by atoms with Gasteiger partial charge in [-0.05, 0) is 92.3 Å². The van der Waals surface area contributed by atoms with Crippen LogP contribution in [0.1, 0.15) is 39.3 Å². The first-order valence-corrected chi connectivity index (χ1v) is 13.6. The number of rotatable bonds is 9. The van der Waals surface area contributed by atoms with Crippen molar-refractivity contribution in [3.63, 3.8) is 0 Å². The number of aryl methyl sites for hydroxylation is 4. The average molecular weight is 531 g/mol. The van der Waals surface area contributed by atoms with E-state index in [1.54, 1.807) is 0 Å². The first-order chi connectivity index (χ1) is 19.3. The number of carbonyl (C=O) groups excluding carboxylic acids is 2. The van der Waals surface area contributed by atoms with Crippen LogP contribution in [0.25, 0.3) is 16.6 Å². The Bertz CT molecular complexity index is 1650. The molecule has 0 atom stereocenters. The summed E-state index contributed by atoms with van der Waals surface area (Å²) in [7, 11) is 2.07. The van der Waals surface area contributed by atoms with Crippen LogP contribution in [0.4, 0.5) is 11.5 Å². The molecule has 2 aromatic carbocycles. The molecule has 6 nitrogen and oxygen atoms in total. The van der Waals surface area contributed by atoms with Crippen molar-refractivity contribution in [3.8, 4) is 11.1 Å². The minimum atomic E-state index is -0.658. The Kier molecular flexibility index (Phi) is 7.78. The highest BCUT2D eigenvalue weighted by molar-refractivity contribution is 6.47. The third-order valence-corrected chi connectivity index (χ3v) is 7.07. The van der Waals surface area contributed by atoms with Crippen LogP contribution in [0.15, 0.2) is 91.1 Å². The van der Waals surface area contributed by atoms with Crippen LogP contribution in [0.3, 0.4) is 0 Å². The number of aromatic nitrogens is 2. The molecule has 6 heteroatoms. The van der Waals surface area contributed by atoms with E-state index in [9.17, 15) is 9.59 Å². The van der Waals surface area contributed by atoms with Crippen molar-refractivity contribution < 1.29 is 9.59 Å². The summed E-state index contributed by atoms with van der Waals surface area (Å²) in [4.78, 5) is 33.5. The van der Waals surface area contributed by atoms with Gasteiger partial charge in [0.15, 0.2) is 0 Å². The molecular formula is C34H34N4O2. The van der Waals surface area contributed by atoms with Gasteiger partial charge in [0.2, 0.25) is 0 Å². The van der Waals surface area contributed by atoms with E-state index >= 15 is 0 Å². The summed E-state index contributed by atoms with van der Waals surface area (Å²) in [6.45, 7) is 6.96. The third kappa shape index (κ3) is 5.96. The fourth-order valence-electron chi connectivity index (χ4n) is 5.05. The Morgan fingerprint density at radius 1 is 0.875 bits per heavy atom. The molecule has 0 bridgehead atoms. The SMILES string of the molecule is Cc1cc(C)nc(N(C)CCCc2ccc(NC(=O)C(=O)c3c(-c4ccccc4)cc4ccc(C)cn34)cc2)c1. The number of Topliss-reactive ketones (excluding diaryl/α,β-unsaturated/α-hetero) is 1. The van der Waals surface area contributed by atoms with Crippen LogP contribution in [-0.2, 0) is 11.2 Å². The number of fused-ring (bicyclic) bond motifs is 1. The summed E-state index contributed by atoms with van der Waals surface area (Å²) in [5, 5.41) is 2.80. The summed E-state index contributed by atoms with van der Waals surface area (Å²) in [5.74, 6) is -0.243. The van der Waals surface area contributed by atoms with Crippen LogP contribution in [-0.4, -0.2) is 34.7 Å². The normalized spacial score (nSPS) is 11.0. The lowest BCUT2D eigenvalue weighted by Crippen LogP contribution is -2.24. The predicted molar refractivity (Wildman–Crippen MR) is 162 cm³/mol. The number of pyridine rings is 2. The Hall–Kier alpha value is -4.71. The number of anilines is 2. The van der Waals surface area contributed by atoms with Gasteiger partial charge in [0.25, 0.3) is 11.7 Å². The van der Waals surface area contributed by atoms with Gasteiger partial charge in [-0.3, -0.25) is 9.59 Å². The van der Waals surface area contributed by atoms with Crippen LogP contribution >= 0.6 is 0 Å².